The molecule has 26 heavy (non-hydrogen) atoms. The Labute approximate surface area is 156 Å². The third kappa shape index (κ3) is 5.12. The SMILES string of the molecule is Fc1ccccc1NC(=S)N/N=C\c1cccc(Oc2ccccc2)c1. The van der Waals surface area contributed by atoms with Crippen molar-refractivity contribution in [1.82, 2.24) is 5.43 Å². The molecule has 0 saturated carbocycles. The van der Waals surface area contributed by atoms with Gasteiger partial charge in [-0.1, -0.05) is 42.5 Å². The number of anilines is 1. The van der Waals surface area contributed by atoms with Gasteiger partial charge < -0.3 is 10.1 Å². The summed E-state index contributed by atoms with van der Waals surface area (Å²) in [4.78, 5) is 0. The van der Waals surface area contributed by atoms with Crippen LogP contribution in [0.4, 0.5) is 10.1 Å². The highest BCUT2D eigenvalue weighted by Crippen LogP contribution is 2.21. The van der Waals surface area contributed by atoms with Gasteiger partial charge in [0.1, 0.15) is 17.3 Å². The maximum atomic E-state index is 13.6. The zero-order valence-electron chi connectivity index (χ0n) is 13.7. The molecule has 130 valence electrons. The van der Waals surface area contributed by atoms with Crippen LogP contribution in [0.3, 0.4) is 0 Å². The van der Waals surface area contributed by atoms with Crippen molar-refractivity contribution >= 4 is 29.2 Å². The van der Waals surface area contributed by atoms with Gasteiger partial charge in [-0.3, -0.25) is 5.43 Å². The highest BCUT2D eigenvalue weighted by atomic mass is 32.1. The summed E-state index contributed by atoms with van der Waals surface area (Å²) in [6.45, 7) is 0. The largest absolute Gasteiger partial charge is 0.457 e. The average Bonchev–Trinajstić information content (AvgIpc) is 2.65. The summed E-state index contributed by atoms with van der Waals surface area (Å²) in [5, 5.41) is 7.00. The Balaban J connectivity index is 1.57. The quantitative estimate of drug-likeness (QED) is 0.382. The van der Waals surface area contributed by atoms with Gasteiger partial charge in [-0.15, -0.1) is 0 Å². The van der Waals surface area contributed by atoms with Crippen molar-refractivity contribution in [3.63, 3.8) is 0 Å². The zero-order valence-corrected chi connectivity index (χ0v) is 14.5. The molecule has 0 amide bonds. The Morgan fingerprint density at radius 2 is 1.65 bits per heavy atom. The van der Waals surface area contributed by atoms with Gasteiger partial charge in [-0.25, -0.2) is 4.39 Å². The second-order valence-corrected chi connectivity index (χ2v) is 5.70. The Bertz CT molecular complexity index is 916. The third-order valence-electron chi connectivity index (χ3n) is 3.34. The van der Waals surface area contributed by atoms with Crippen LogP contribution in [0.15, 0.2) is 84.0 Å². The van der Waals surface area contributed by atoms with Gasteiger partial charge in [0, 0.05) is 0 Å². The zero-order chi connectivity index (χ0) is 18.2. The molecular formula is C20H16FN3OS. The molecule has 3 aromatic rings. The van der Waals surface area contributed by atoms with Gasteiger partial charge in [0.25, 0.3) is 0 Å². The number of para-hydroxylation sites is 2. The van der Waals surface area contributed by atoms with E-state index in [1.165, 1.54) is 6.07 Å². The molecule has 0 aliphatic heterocycles. The van der Waals surface area contributed by atoms with Crippen LogP contribution >= 0.6 is 12.2 Å². The number of ether oxygens (including phenoxy) is 1. The smallest absolute Gasteiger partial charge is 0.191 e. The van der Waals surface area contributed by atoms with Crippen molar-refractivity contribution in [2.45, 2.75) is 0 Å². The summed E-state index contributed by atoms with van der Waals surface area (Å²) in [6, 6.07) is 23.3. The van der Waals surface area contributed by atoms with Crippen LogP contribution in [-0.4, -0.2) is 11.3 Å². The Hall–Kier alpha value is -3.25. The van der Waals surface area contributed by atoms with Crippen LogP contribution in [-0.2, 0) is 0 Å². The van der Waals surface area contributed by atoms with Crippen molar-refractivity contribution in [3.05, 3.63) is 90.2 Å². The topological polar surface area (TPSA) is 45.7 Å². The standard InChI is InChI=1S/C20H16FN3OS/c21-18-11-4-5-12-19(18)23-20(26)24-22-14-15-7-6-10-17(13-15)25-16-8-2-1-3-9-16/h1-14H,(H2,23,24,26)/b22-14-. The molecule has 0 aromatic heterocycles. The molecule has 4 nitrogen and oxygen atoms in total. The Kier molecular flexibility index (Phi) is 5.90. The van der Waals surface area contributed by atoms with Crippen molar-refractivity contribution in [3.8, 4) is 11.5 Å². The van der Waals surface area contributed by atoms with E-state index in [0.29, 0.717) is 11.4 Å². The van der Waals surface area contributed by atoms with Crippen molar-refractivity contribution in [2.24, 2.45) is 5.10 Å². The highest BCUT2D eigenvalue weighted by Gasteiger charge is 2.02. The molecule has 2 N–H and O–H groups in total. The lowest BCUT2D eigenvalue weighted by Crippen LogP contribution is -2.24. The maximum Gasteiger partial charge on any atom is 0.191 e. The molecule has 3 aromatic carbocycles. The van der Waals surface area contributed by atoms with E-state index in [0.717, 1.165) is 11.3 Å². The lowest BCUT2D eigenvalue weighted by molar-refractivity contribution is 0.482. The summed E-state index contributed by atoms with van der Waals surface area (Å²) in [5.41, 5.74) is 3.78. The Morgan fingerprint density at radius 1 is 0.923 bits per heavy atom. The number of halogens is 1. The van der Waals surface area contributed by atoms with E-state index >= 15 is 0 Å². The molecule has 0 aliphatic carbocycles. The summed E-state index contributed by atoms with van der Waals surface area (Å²) >= 11 is 5.10. The third-order valence-corrected chi connectivity index (χ3v) is 3.53. The van der Waals surface area contributed by atoms with Gasteiger partial charge in [-0.2, -0.15) is 5.10 Å². The lowest BCUT2D eigenvalue weighted by Gasteiger charge is -2.08. The van der Waals surface area contributed by atoms with E-state index in [4.69, 9.17) is 17.0 Å². The molecule has 0 radical (unpaired) electrons. The van der Waals surface area contributed by atoms with E-state index in [-0.39, 0.29) is 10.9 Å². The van der Waals surface area contributed by atoms with Crippen molar-refractivity contribution in [2.75, 3.05) is 5.32 Å². The van der Waals surface area contributed by atoms with Crippen LogP contribution in [0.2, 0.25) is 0 Å². The van der Waals surface area contributed by atoms with Crippen LogP contribution in [0, 0.1) is 5.82 Å². The molecule has 0 heterocycles. The molecule has 0 bridgehead atoms. The van der Waals surface area contributed by atoms with Crippen LogP contribution in [0.1, 0.15) is 5.56 Å². The first-order valence-corrected chi connectivity index (χ1v) is 8.29. The van der Waals surface area contributed by atoms with E-state index in [1.54, 1.807) is 24.4 Å². The molecule has 0 aliphatic rings. The fourth-order valence-corrected chi connectivity index (χ4v) is 2.32. The van der Waals surface area contributed by atoms with E-state index in [9.17, 15) is 4.39 Å². The predicted octanol–water partition coefficient (Wildman–Crippen LogP) is 4.94. The van der Waals surface area contributed by atoms with Crippen LogP contribution < -0.4 is 15.5 Å². The summed E-state index contributed by atoms with van der Waals surface area (Å²) < 4.78 is 19.3. The minimum Gasteiger partial charge on any atom is -0.457 e. The van der Waals surface area contributed by atoms with Gasteiger partial charge in [-0.05, 0) is 54.2 Å². The summed E-state index contributed by atoms with van der Waals surface area (Å²) in [6.07, 6.45) is 1.60. The number of hydrogen-bond acceptors (Lipinski definition) is 3. The number of rotatable bonds is 5. The first-order chi connectivity index (χ1) is 12.7. The van der Waals surface area contributed by atoms with Crippen molar-refractivity contribution in [1.29, 1.82) is 0 Å². The van der Waals surface area contributed by atoms with E-state index in [2.05, 4.69) is 15.8 Å². The second kappa shape index (κ2) is 8.73. The Morgan fingerprint density at radius 3 is 2.46 bits per heavy atom. The molecule has 3 rings (SSSR count). The van der Waals surface area contributed by atoms with Crippen LogP contribution in [0.25, 0.3) is 0 Å². The minimum absolute atomic E-state index is 0.197. The molecule has 0 fully saturated rings. The predicted molar refractivity (Wildman–Crippen MR) is 106 cm³/mol. The molecule has 0 saturated heterocycles. The first-order valence-electron chi connectivity index (χ1n) is 7.88. The van der Waals surface area contributed by atoms with Crippen LogP contribution in [0.5, 0.6) is 11.5 Å². The number of hydrogen-bond donors (Lipinski definition) is 2. The summed E-state index contributed by atoms with van der Waals surface area (Å²) in [7, 11) is 0. The maximum absolute atomic E-state index is 13.6. The van der Waals surface area contributed by atoms with Gasteiger partial charge in [0.2, 0.25) is 0 Å². The summed E-state index contributed by atoms with van der Waals surface area (Å²) in [5.74, 6) is 1.08. The number of thiocarbonyl (C=S) groups is 1. The normalized spacial score (nSPS) is 10.5. The fraction of sp³-hybridized carbons (Fsp3) is 0. The number of hydrazone groups is 1. The fourth-order valence-electron chi connectivity index (χ4n) is 2.16. The molecule has 0 spiro atoms. The minimum atomic E-state index is -0.383. The average molecular weight is 365 g/mol. The number of benzene rings is 3. The van der Waals surface area contributed by atoms with Crippen molar-refractivity contribution < 1.29 is 9.13 Å². The molecule has 0 unspecified atom stereocenters. The number of nitrogens with zero attached hydrogens (tertiary/aromatic N) is 1. The molecular weight excluding hydrogens is 349 g/mol. The number of nitrogens with one attached hydrogen (secondary N) is 2. The van der Waals surface area contributed by atoms with E-state index < -0.39 is 0 Å². The monoisotopic (exact) mass is 365 g/mol. The second-order valence-electron chi connectivity index (χ2n) is 5.29. The highest BCUT2D eigenvalue weighted by molar-refractivity contribution is 7.80. The van der Waals surface area contributed by atoms with E-state index in [1.807, 2.05) is 54.6 Å². The first kappa shape index (κ1) is 17.6. The van der Waals surface area contributed by atoms with Gasteiger partial charge >= 0.3 is 0 Å². The van der Waals surface area contributed by atoms with Gasteiger partial charge in [0.05, 0.1) is 11.9 Å². The lowest BCUT2D eigenvalue weighted by atomic mass is 10.2. The van der Waals surface area contributed by atoms with Gasteiger partial charge in [0.15, 0.2) is 5.11 Å². The molecule has 6 heteroatoms. The molecule has 0 atom stereocenters.